The van der Waals surface area contributed by atoms with Crippen molar-refractivity contribution in [2.75, 3.05) is 32.8 Å². The highest BCUT2D eigenvalue weighted by Crippen LogP contribution is 2.12. The fraction of sp³-hybridized carbons (Fsp3) is 0.611. The molecule has 0 fully saturated rings. The van der Waals surface area contributed by atoms with E-state index in [9.17, 15) is 0 Å². The summed E-state index contributed by atoms with van der Waals surface area (Å²) in [6, 6.07) is 7.89. The van der Waals surface area contributed by atoms with Gasteiger partial charge in [0.25, 0.3) is 0 Å². The molecule has 2 N–H and O–H groups in total. The molecule has 1 aromatic rings. The van der Waals surface area contributed by atoms with Crippen LogP contribution in [0.5, 0.6) is 5.75 Å². The van der Waals surface area contributed by atoms with Gasteiger partial charge < -0.3 is 15.4 Å². The maximum atomic E-state index is 6.04. The first-order chi connectivity index (χ1) is 10.7. The topological polar surface area (TPSA) is 50.9 Å². The van der Waals surface area contributed by atoms with Gasteiger partial charge in [-0.3, -0.25) is 4.99 Å². The summed E-state index contributed by atoms with van der Waals surface area (Å²) in [6.07, 6.45) is 3.53. The Kier molecular flexibility index (Phi) is 9.31. The van der Waals surface area contributed by atoms with Crippen molar-refractivity contribution in [1.82, 2.24) is 4.90 Å². The molecule has 0 unspecified atom stereocenters. The Morgan fingerprint density at radius 2 is 1.77 bits per heavy atom. The quantitative estimate of drug-likeness (QED) is 0.388. The summed E-state index contributed by atoms with van der Waals surface area (Å²) >= 11 is 0. The average Bonchev–Trinajstić information content (AvgIpc) is 2.56. The molecule has 0 saturated carbocycles. The van der Waals surface area contributed by atoms with Crippen LogP contribution in [0.2, 0.25) is 0 Å². The van der Waals surface area contributed by atoms with Crippen LogP contribution >= 0.6 is 0 Å². The molecule has 0 aliphatic carbocycles. The van der Waals surface area contributed by atoms with Gasteiger partial charge in [-0.15, -0.1) is 0 Å². The summed E-state index contributed by atoms with van der Waals surface area (Å²) in [5, 5.41) is 0. The molecular weight excluding hydrogens is 274 g/mol. The SMILES string of the molecule is CCCCCOc1ccc(C(N)=NCCN(CC)CC)cc1. The van der Waals surface area contributed by atoms with E-state index in [0.29, 0.717) is 5.84 Å². The van der Waals surface area contributed by atoms with E-state index < -0.39 is 0 Å². The molecule has 0 atom stereocenters. The minimum Gasteiger partial charge on any atom is -0.494 e. The summed E-state index contributed by atoms with van der Waals surface area (Å²) in [5.41, 5.74) is 7.00. The zero-order chi connectivity index (χ0) is 16.2. The summed E-state index contributed by atoms with van der Waals surface area (Å²) in [7, 11) is 0. The summed E-state index contributed by atoms with van der Waals surface area (Å²) < 4.78 is 5.70. The van der Waals surface area contributed by atoms with Gasteiger partial charge in [0.1, 0.15) is 11.6 Å². The molecule has 124 valence electrons. The molecule has 1 aromatic carbocycles. The molecule has 0 saturated heterocycles. The second-order valence-corrected chi connectivity index (χ2v) is 5.37. The lowest BCUT2D eigenvalue weighted by Gasteiger charge is -2.16. The Morgan fingerprint density at radius 1 is 1.09 bits per heavy atom. The Bertz CT molecular complexity index is 424. The van der Waals surface area contributed by atoms with E-state index in [0.717, 1.165) is 50.5 Å². The van der Waals surface area contributed by atoms with Crippen LogP contribution in [0.25, 0.3) is 0 Å². The van der Waals surface area contributed by atoms with Gasteiger partial charge in [-0.05, 0) is 43.8 Å². The molecule has 0 amide bonds. The van der Waals surface area contributed by atoms with Crippen LogP contribution in [-0.2, 0) is 0 Å². The lowest BCUT2D eigenvalue weighted by atomic mass is 10.2. The number of nitrogens with two attached hydrogens (primary N) is 1. The van der Waals surface area contributed by atoms with E-state index in [2.05, 4.69) is 30.7 Å². The molecule has 0 bridgehead atoms. The number of likely N-dealkylation sites (N-methyl/N-ethyl adjacent to an activating group) is 1. The van der Waals surface area contributed by atoms with E-state index in [1.54, 1.807) is 0 Å². The largest absolute Gasteiger partial charge is 0.494 e. The van der Waals surface area contributed by atoms with Crippen molar-refractivity contribution in [3.8, 4) is 5.75 Å². The highest BCUT2D eigenvalue weighted by molar-refractivity contribution is 5.97. The van der Waals surface area contributed by atoms with Crippen molar-refractivity contribution in [1.29, 1.82) is 0 Å². The van der Waals surface area contributed by atoms with E-state index in [1.165, 1.54) is 12.8 Å². The van der Waals surface area contributed by atoms with Crippen LogP contribution < -0.4 is 10.5 Å². The zero-order valence-corrected chi connectivity index (χ0v) is 14.3. The predicted molar refractivity (Wildman–Crippen MR) is 94.8 cm³/mol. The number of nitrogens with zero attached hydrogens (tertiary/aromatic N) is 2. The number of unbranched alkanes of at least 4 members (excludes halogenated alkanes) is 2. The molecule has 4 nitrogen and oxygen atoms in total. The first kappa shape index (κ1) is 18.5. The Hall–Kier alpha value is -1.55. The van der Waals surface area contributed by atoms with Crippen LogP contribution in [0.1, 0.15) is 45.6 Å². The first-order valence-corrected chi connectivity index (χ1v) is 8.46. The molecule has 0 heterocycles. The summed E-state index contributed by atoms with van der Waals surface area (Å²) in [5.74, 6) is 1.50. The summed E-state index contributed by atoms with van der Waals surface area (Å²) in [6.45, 7) is 11.1. The Labute approximate surface area is 135 Å². The highest BCUT2D eigenvalue weighted by atomic mass is 16.5. The second-order valence-electron chi connectivity index (χ2n) is 5.37. The van der Waals surface area contributed by atoms with Crippen molar-refractivity contribution < 1.29 is 4.74 Å². The van der Waals surface area contributed by atoms with Crippen LogP contribution in [0.3, 0.4) is 0 Å². The van der Waals surface area contributed by atoms with Gasteiger partial charge in [-0.25, -0.2) is 0 Å². The minimum atomic E-state index is 0.602. The molecule has 0 spiro atoms. The van der Waals surface area contributed by atoms with Crippen LogP contribution in [0.15, 0.2) is 29.3 Å². The number of hydrogen-bond acceptors (Lipinski definition) is 3. The van der Waals surface area contributed by atoms with Crippen molar-refractivity contribution >= 4 is 5.84 Å². The van der Waals surface area contributed by atoms with Crippen molar-refractivity contribution in [2.45, 2.75) is 40.0 Å². The predicted octanol–water partition coefficient (Wildman–Crippen LogP) is 3.30. The molecule has 0 aliphatic rings. The van der Waals surface area contributed by atoms with Crippen LogP contribution in [-0.4, -0.2) is 43.5 Å². The van der Waals surface area contributed by atoms with Gasteiger partial charge >= 0.3 is 0 Å². The van der Waals surface area contributed by atoms with E-state index in [1.807, 2.05) is 24.3 Å². The van der Waals surface area contributed by atoms with Gasteiger partial charge in [0.05, 0.1) is 13.2 Å². The maximum absolute atomic E-state index is 6.04. The molecular formula is C18H31N3O. The smallest absolute Gasteiger partial charge is 0.125 e. The molecule has 0 radical (unpaired) electrons. The van der Waals surface area contributed by atoms with Gasteiger partial charge in [0, 0.05) is 12.1 Å². The number of rotatable bonds is 11. The fourth-order valence-electron chi connectivity index (χ4n) is 2.21. The normalized spacial score (nSPS) is 11.9. The second kappa shape index (κ2) is 11.1. The van der Waals surface area contributed by atoms with Gasteiger partial charge in [-0.1, -0.05) is 33.6 Å². The van der Waals surface area contributed by atoms with Crippen molar-refractivity contribution in [3.05, 3.63) is 29.8 Å². The molecule has 1 rings (SSSR count). The van der Waals surface area contributed by atoms with Gasteiger partial charge in [-0.2, -0.15) is 0 Å². The number of hydrogen-bond donors (Lipinski definition) is 1. The van der Waals surface area contributed by atoms with Crippen molar-refractivity contribution in [3.63, 3.8) is 0 Å². The van der Waals surface area contributed by atoms with Crippen LogP contribution in [0.4, 0.5) is 0 Å². The molecule has 0 aromatic heterocycles. The maximum Gasteiger partial charge on any atom is 0.125 e. The first-order valence-electron chi connectivity index (χ1n) is 8.46. The number of amidine groups is 1. The third-order valence-corrected chi connectivity index (χ3v) is 3.76. The number of aliphatic imine (C=N–C) groups is 1. The van der Waals surface area contributed by atoms with Gasteiger partial charge in [0.15, 0.2) is 0 Å². The summed E-state index contributed by atoms with van der Waals surface area (Å²) in [4.78, 5) is 6.80. The van der Waals surface area contributed by atoms with E-state index in [-0.39, 0.29) is 0 Å². The number of ether oxygens (including phenoxy) is 1. The van der Waals surface area contributed by atoms with Crippen LogP contribution in [0, 0.1) is 0 Å². The highest BCUT2D eigenvalue weighted by Gasteiger charge is 2.01. The minimum absolute atomic E-state index is 0.602. The van der Waals surface area contributed by atoms with Crippen molar-refractivity contribution in [2.24, 2.45) is 10.7 Å². The lowest BCUT2D eigenvalue weighted by Crippen LogP contribution is -2.26. The Morgan fingerprint density at radius 3 is 2.36 bits per heavy atom. The lowest BCUT2D eigenvalue weighted by molar-refractivity contribution is 0.306. The van der Waals surface area contributed by atoms with E-state index >= 15 is 0 Å². The fourth-order valence-corrected chi connectivity index (χ4v) is 2.21. The monoisotopic (exact) mass is 305 g/mol. The third kappa shape index (κ3) is 6.94. The van der Waals surface area contributed by atoms with E-state index in [4.69, 9.17) is 10.5 Å². The zero-order valence-electron chi connectivity index (χ0n) is 14.3. The van der Waals surface area contributed by atoms with Gasteiger partial charge in [0.2, 0.25) is 0 Å². The molecule has 22 heavy (non-hydrogen) atoms. The standard InChI is InChI=1S/C18H31N3O/c1-4-7-8-15-22-17-11-9-16(10-12-17)18(19)20-13-14-21(5-2)6-3/h9-12H,4-8,13-15H2,1-3H3,(H2,19,20). The third-order valence-electron chi connectivity index (χ3n) is 3.76. The Balaban J connectivity index is 2.44. The average molecular weight is 305 g/mol. The molecule has 0 aliphatic heterocycles. The molecule has 4 heteroatoms. The number of benzene rings is 1.